The Bertz CT molecular complexity index is 377. The zero-order chi connectivity index (χ0) is 17.7. The second kappa shape index (κ2) is 9.16. The molecule has 0 bridgehead atoms. The highest BCUT2D eigenvalue weighted by molar-refractivity contribution is 4.97. The van der Waals surface area contributed by atoms with Crippen molar-refractivity contribution in [2.75, 3.05) is 65.5 Å². The van der Waals surface area contributed by atoms with Crippen molar-refractivity contribution in [1.29, 1.82) is 0 Å². The molecule has 0 aromatic heterocycles. The Morgan fingerprint density at radius 2 is 1.60 bits per heavy atom. The van der Waals surface area contributed by atoms with Crippen LogP contribution in [0.4, 0.5) is 0 Å². The molecular formula is C21H41N3O. The number of rotatable bonds is 8. The summed E-state index contributed by atoms with van der Waals surface area (Å²) in [6.45, 7) is 19.1. The molecule has 0 unspecified atom stereocenters. The molecule has 4 heteroatoms. The van der Waals surface area contributed by atoms with Crippen LogP contribution < -0.4 is 0 Å². The molecule has 2 saturated heterocycles. The number of ether oxygens (including phenoxy) is 1. The molecule has 146 valence electrons. The monoisotopic (exact) mass is 351 g/mol. The highest BCUT2D eigenvalue weighted by Gasteiger charge is 2.44. The largest absolute Gasteiger partial charge is 0.379 e. The molecule has 3 fully saturated rings. The van der Waals surface area contributed by atoms with Crippen LogP contribution >= 0.6 is 0 Å². The van der Waals surface area contributed by atoms with Crippen LogP contribution in [0.1, 0.15) is 52.9 Å². The molecule has 25 heavy (non-hydrogen) atoms. The maximum absolute atomic E-state index is 5.66. The summed E-state index contributed by atoms with van der Waals surface area (Å²) in [5, 5.41) is 0. The molecular weight excluding hydrogens is 310 g/mol. The third kappa shape index (κ3) is 5.66. The van der Waals surface area contributed by atoms with Crippen LogP contribution in [0.25, 0.3) is 0 Å². The Morgan fingerprint density at radius 1 is 0.960 bits per heavy atom. The normalized spacial score (nSPS) is 26.4. The lowest BCUT2D eigenvalue weighted by Crippen LogP contribution is -2.57. The molecule has 0 atom stereocenters. The SMILES string of the molecule is CCN1CC2(CCC(CN3CCN(CCCOC(C)C)CC3)CC2)C1. The van der Waals surface area contributed by atoms with Gasteiger partial charge in [0, 0.05) is 59.0 Å². The maximum Gasteiger partial charge on any atom is 0.0518 e. The van der Waals surface area contributed by atoms with Crippen molar-refractivity contribution in [3.63, 3.8) is 0 Å². The van der Waals surface area contributed by atoms with E-state index < -0.39 is 0 Å². The molecule has 2 heterocycles. The molecule has 4 nitrogen and oxygen atoms in total. The zero-order valence-electron chi connectivity index (χ0n) is 17.0. The zero-order valence-corrected chi connectivity index (χ0v) is 17.0. The van der Waals surface area contributed by atoms with Gasteiger partial charge in [0.2, 0.25) is 0 Å². The van der Waals surface area contributed by atoms with E-state index in [0.717, 1.165) is 17.9 Å². The Hall–Kier alpha value is -0.160. The van der Waals surface area contributed by atoms with E-state index in [-0.39, 0.29) is 0 Å². The summed E-state index contributed by atoms with van der Waals surface area (Å²) in [4.78, 5) is 7.98. The first-order chi connectivity index (χ1) is 12.1. The molecule has 0 amide bonds. The molecule has 0 aromatic rings. The van der Waals surface area contributed by atoms with Gasteiger partial charge in [0.25, 0.3) is 0 Å². The smallest absolute Gasteiger partial charge is 0.0518 e. The minimum atomic E-state index is 0.372. The van der Waals surface area contributed by atoms with Gasteiger partial charge in [-0.1, -0.05) is 6.92 Å². The van der Waals surface area contributed by atoms with Gasteiger partial charge in [0.15, 0.2) is 0 Å². The quantitative estimate of drug-likeness (QED) is 0.626. The predicted molar refractivity (Wildman–Crippen MR) is 105 cm³/mol. The Balaban J connectivity index is 1.26. The second-order valence-corrected chi connectivity index (χ2v) is 9.16. The summed E-state index contributed by atoms with van der Waals surface area (Å²) in [6, 6.07) is 0. The molecule has 2 aliphatic heterocycles. The third-order valence-electron chi connectivity index (χ3n) is 6.78. The van der Waals surface area contributed by atoms with Crippen molar-refractivity contribution < 1.29 is 4.74 Å². The fraction of sp³-hybridized carbons (Fsp3) is 1.00. The molecule has 0 N–H and O–H groups in total. The second-order valence-electron chi connectivity index (χ2n) is 9.16. The first-order valence-electron chi connectivity index (χ1n) is 10.9. The van der Waals surface area contributed by atoms with E-state index in [1.165, 1.54) is 91.0 Å². The molecule has 1 aliphatic carbocycles. The standard InChI is InChI=1S/C21H41N3O/c1-4-22-17-21(18-22)8-6-20(7-9-21)16-24-13-11-23(12-14-24)10-5-15-25-19(2)3/h19-20H,4-18H2,1-3H3. The van der Waals surface area contributed by atoms with Gasteiger partial charge in [-0.15, -0.1) is 0 Å². The summed E-state index contributed by atoms with van der Waals surface area (Å²) in [5.74, 6) is 0.965. The average molecular weight is 352 g/mol. The fourth-order valence-electron chi connectivity index (χ4n) is 5.08. The molecule has 0 aromatic carbocycles. The topological polar surface area (TPSA) is 19.0 Å². The van der Waals surface area contributed by atoms with Crippen molar-refractivity contribution in [3.8, 4) is 0 Å². The summed E-state index contributed by atoms with van der Waals surface area (Å²) >= 11 is 0. The van der Waals surface area contributed by atoms with Crippen molar-refractivity contribution in [3.05, 3.63) is 0 Å². The van der Waals surface area contributed by atoms with E-state index in [9.17, 15) is 0 Å². The van der Waals surface area contributed by atoms with Crippen LogP contribution in [0.2, 0.25) is 0 Å². The fourth-order valence-corrected chi connectivity index (χ4v) is 5.08. The van der Waals surface area contributed by atoms with Crippen molar-refractivity contribution in [2.24, 2.45) is 11.3 Å². The summed E-state index contributed by atoms with van der Waals surface area (Å²) in [7, 11) is 0. The van der Waals surface area contributed by atoms with Crippen LogP contribution in [0.5, 0.6) is 0 Å². The van der Waals surface area contributed by atoms with Crippen LogP contribution in [-0.2, 0) is 4.74 Å². The summed E-state index contributed by atoms with van der Waals surface area (Å²) in [5.41, 5.74) is 0.725. The van der Waals surface area contributed by atoms with Gasteiger partial charge in [-0.25, -0.2) is 0 Å². The predicted octanol–water partition coefficient (Wildman–Crippen LogP) is 2.93. The van der Waals surface area contributed by atoms with Crippen molar-refractivity contribution in [2.45, 2.75) is 59.0 Å². The van der Waals surface area contributed by atoms with Gasteiger partial charge in [-0.3, -0.25) is 0 Å². The van der Waals surface area contributed by atoms with Crippen LogP contribution in [-0.4, -0.2) is 86.3 Å². The summed E-state index contributed by atoms with van der Waals surface area (Å²) in [6.07, 6.45) is 7.48. The Morgan fingerprint density at radius 3 is 2.20 bits per heavy atom. The van der Waals surface area contributed by atoms with E-state index in [4.69, 9.17) is 4.74 Å². The van der Waals surface area contributed by atoms with E-state index >= 15 is 0 Å². The molecule has 1 saturated carbocycles. The molecule has 3 aliphatic rings. The van der Waals surface area contributed by atoms with E-state index in [2.05, 4.69) is 35.5 Å². The molecule has 1 spiro atoms. The summed E-state index contributed by atoms with van der Waals surface area (Å²) < 4.78 is 5.66. The number of piperazine rings is 1. The average Bonchev–Trinajstić information content (AvgIpc) is 2.59. The highest BCUT2D eigenvalue weighted by atomic mass is 16.5. The minimum absolute atomic E-state index is 0.372. The number of hydrogen-bond donors (Lipinski definition) is 0. The van der Waals surface area contributed by atoms with Crippen LogP contribution in [0, 0.1) is 11.3 Å². The Kier molecular flexibility index (Phi) is 7.18. The van der Waals surface area contributed by atoms with E-state index in [0.29, 0.717) is 6.10 Å². The number of hydrogen-bond acceptors (Lipinski definition) is 4. The van der Waals surface area contributed by atoms with Gasteiger partial charge in [-0.05, 0) is 63.8 Å². The van der Waals surface area contributed by atoms with E-state index in [1.54, 1.807) is 0 Å². The lowest BCUT2D eigenvalue weighted by atomic mass is 9.66. The van der Waals surface area contributed by atoms with Crippen LogP contribution in [0.15, 0.2) is 0 Å². The highest BCUT2D eigenvalue weighted by Crippen LogP contribution is 2.45. The Labute approximate surface area is 155 Å². The minimum Gasteiger partial charge on any atom is -0.379 e. The van der Waals surface area contributed by atoms with Crippen molar-refractivity contribution in [1.82, 2.24) is 14.7 Å². The van der Waals surface area contributed by atoms with Crippen molar-refractivity contribution >= 4 is 0 Å². The first kappa shape index (κ1) is 19.6. The maximum atomic E-state index is 5.66. The van der Waals surface area contributed by atoms with Gasteiger partial charge in [0.05, 0.1) is 6.10 Å². The lowest BCUT2D eigenvalue weighted by Gasteiger charge is -2.54. The lowest BCUT2D eigenvalue weighted by molar-refractivity contribution is -0.0387. The third-order valence-corrected chi connectivity index (χ3v) is 6.78. The molecule has 3 rings (SSSR count). The van der Waals surface area contributed by atoms with Gasteiger partial charge >= 0.3 is 0 Å². The van der Waals surface area contributed by atoms with Gasteiger partial charge in [0.1, 0.15) is 0 Å². The molecule has 0 radical (unpaired) electrons. The van der Waals surface area contributed by atoms with Crippen LogP contribution in [0.3, 0.4) is 0 Å². The van der Waals surface area contributed by atoms with Gasteiger partial charge < -0.3 is 19.4 Å². The van der Waals surface area contributed by atoms with E-state index in [1.807, 2.05) is 0 Å². The first-order valence-corrected chi connectivity index (χ1v) is 10.9. The number of likely N-dealkylation sites (tertiary alicyclic amines) is 1. The number of nitrogens with zero attached hydrogens (tertiary/aromatic N) is 3. The van der Waals surface area contributed by atoms with Gasteiger partial charge in [-0.2, -0.15) is 0 Å².